The summed E-state index contributed by atoms with van der Waals surface area (Å²) in [7, 11) is 0. The molecule has 3 heterocycles. The first-order valence-electron chi connectivity index (χ1n) is 7.86. The van der Waals surface area contributed by atoms with E-state index in [0.717, 1.165) is 19.4 Å². The highest BCUT2D eigenvalue weighted by Crippen LogP contribution is 2.37. The highest BCUT2D eigenvalue weighted by molar-refractivity contribution is 7.10. The molecule has 6 heteroatoms. The zero-order valence-electron chi connectivity index (χ0n) is 12.9. The average Bonchev–Trinajstić information content (AvgIpc) is 3.28. The molecule has 0 radical (unpaired) electrons. The van der Waals surface area contributed by atoms with Gasteiger partial charge in [0.25, 0.3) is 0 Å². The molecule has 1 atom stereocenters. The Labute approximate surface area is 143 Å². The molecular weight excluding hydrogens is 325 g/mol. The second-order valence-corrected chi connectivity index (χ2v) is 6.60. The number of hydrogen-bond donors (Lipinski definition) is 0. The van der Waals surface area contributed by atoms with Gasteiger partial charge in [-0.25, -0.2) is 9.37 Å². The van der Waals surface area contributed by atoms with Crippen molar-refractivity contribution < 1.29 is 9.13 Å². The van der Waals surface area contributed by atoms with E-state index < -0.39 is 0 Å². The van der Waals surface area contributed by atoms with Crippen molar-refractivity contribution in [1.29, 1.82) is 0 Å². The number of anilines is 1. The summed E-state index contributed by atoms with van der Waals surface area (Å²) in [6.45, 7) is 0.933. The Balaban J connectivity index is 1.57. The highest BCUT2D eigenvalue weighted by Gasteiger charge is 2.28. The van der Waals surface area contributed by atoms with Gasteiger partial charge in [0.15, 0.2) is 0 Å². The Kier molecular flexibility index (Phi) is 4.13. The fraction of sp³-hybridized carbons (Fsp3) is 0.222. The maximum Gasteiger partial charge on any atom is 0.229 e. The van der Waals surface area contributed by atoms with E-state index >= 15 is 0 Å². The van der Waals surface area contributed by atoms with Gasteiger partial charge in [-0.15, -0.1) is 11.3 Å². The maximum absolute atomic E-state index is 13.0. The highest BCUT2D eigenvalue weighted by atomic mass is 32.1. The molecular formula is C18H16FN3OS. The molecule has 4 rings (SSSR count). The zero-order valence-corrected chi connectivity index (χ0v) is 13.7. The maximum atomic E-state index is 13.0. The number of hydrogen-bond acceptors (Lipinski definition) is 5. The van der Waals surface area contributed by atoms with Gasteiger partial charge in [-0.05, 0) is 48.6 Å². The first kappa shape index (κ1) is 15.1. The first-order chi connectivity index (χ1) is 11.8. The summed E-state index contributed by atoms with van der Waals surface area (Å²) in [4.78, 5) is 12.5. The minimum Gasteiger partial charge on any atom is -0.439 e. The third kappa shape index (κ3) is 3.10. The molecule has 1 aliphatic rings. The van der Waals surface area contributed by atoms with Crippen molar-refractivity contribution in [2.24, 2.45) is 0 Å². The summed E-state index contributed by atoms with van der Waals surface area (Å²) in [5.74, 6) is 1.40. The SMILES string of the molecule is Fc1ccc(Oc2ccnc(N3CCCC3c3cccs3)n2)cc1. The lowest BCUT2D eigenvalue weighted by Gasteiger charge is -2.23. The summed E-state index contributed by atoms with van der Waals surface area (Å²) in [6.07, 6.45) is 3.92. The number of benzene rings is 1. The van der Waals surface area contributed by atoms with Crippen LogP contribution in [0.2, 0.25) is 0 Å². The molecule has 2 aromatic heterocycles. The van der Waals surface area contributed by atoms with E-state index in [-0.39, 0.29) is 5.82 Å². The number of thiophene rings is 1. The molecule has 0 aliphatic carbocycles. The Morgan fingerprint density at radius 1 is 1.17 bits per heavy atom. The van der Waals surface area contributed by atoms with Gasteiger partial charge in [0.1, 0.15) is 11.6 Å². The number of rotatable bonds is 4. The van der Waals surface area contributed by atoms with Crippen molar-refractivity contribution >= 4 is 17.3 Å². The molecule has 122 valence electrons. The normalized spacial score (nSPS) is 17.2. The molecule has 1 aliphatic heterocycles. The Morgan fingerprint density at radius 3 is 2.83 bits per heavy atom. The molecule has 0 saturated carbocycles. The predicted molar refractivity (Wildman–Crippen MR) is 92.1 cm³/mol. The van der Waals surface area contributed by atoms with Gasteiger partial charge in [-0.3, -0.25) is 0 Å². The van der Waals surface area contributed by atoms with Crippen LogP contribution in [0.15, 0.2) is 54.0 Å². The topological polar surface area (TPSA) is 38.2 Å². The van der Waals surface area contributed by atoms with Crippen LogP contribution >= 0.6 is 11.3 Å². The van der Waals surface area contributed by atoms with Gasteiger partial charge >= 0.3 is 0 Å². The largest absolute Gasteiger partial charge is 0.439 e. The van der Waals surface area contributed by atoms with Gasteiger partial charge in [0.05, 0.1) is 6.04 Å². The minimum atomic E-state index is -0.290. The van der Waals surface area contributed by atoms with Crippen LogP contribution in [0.1, 0.15) is 23.8 Å². The Bertz CT molecular complexity index is 807. The third-order valence-electron chi connectivity index (χ3n) is 4.03. The van der Waals surface area contributed by atoms with Crippen LogP contribution in [0.3, 0.4) is 0 Å². The summed E-state index contributed by atoms with van der Waals surface area (Å²) in [5, 5.41) is 2.10. The van der Waals surface area contributed by atoms with Gasteiger partial charge in [-0.2, -0.15) is 4.98 Å². The summed E-state index contributed by atoms with van der Waals surface area (Å²) in [6, 6.07) is 12.2. The molecule has 24 heavy (non-hydrogen) atoms. The van der Waals surface area contributed by atoms with Crippen LogP contribution < -0.4 is 9.64 Å². The number of ether oxygens (including phenoxy) is 1. The van der Waals surface area contributed by atoms with Crippen LogP contribution in [-0.4, -0.2) is 16.5 Å². The standard InChI is InChI=1S/C18H16FN3OS/c19-13-5-7-14(8-6-13)23-17-9-10-20-18(21-17)22-11-1-3-15(22)16-4-2-12-24-16/h2,4-10,12,15H,1,3,11H2. The van der Waals surface area contributed by atoms with E-state index in [1.807, 2.05) is 0 Å². The molecule has 1 saturated heterocycles. The smallest absolute Gasteiger partial charge is 0.229 e. The molecule has 1 fully saturated rings. The monoisotopic (exact) mass is 341 g/mol. The zero-order chi connectivity index (χ0) is 16.4. The van der Waals surface area contributed by atoms with Gasteiger partial charge in [-0.1, -0.05) is 6.07 Å². The van der Waals surface area contributed by atoms with Crippen molar-refractivity contribution in [3.05, 3.63) is 64.7 Å². The van der Waals surface area contributed by atoms with Gasteiger partial charge in [0.2, 0.25) is 11.8 Å². The Hall–Kier alpha value is -2.47. The average molecular weight is 341 g/mol. The number of aromatic nitrogens is 2. The van der Waals surface area contributed by atoms with Gasteiger partial charge < -0.3 is 9.64 Å². The number of halogens is 1. The lowest BCUT2D eigenvalue weighted by molar-refractivity contribution is 0.459. The molecule has 0 amide bonds. The molecule has 0 bridgehead atoms. The van der Waals surface area contributed by atoms with Gasteiger partial charge in [0, 0.05) is 23.7 Å². The van der Waals surface area contributed by atoms with Crippen LogP contribution in [0.5, 0.6) is 11.6 Å². The quantitative estimate of drug-likeness (QED) is 0.682. The van der Waals surface area contributed by atoms with Crippen molar-refractivity contribution in [2.45, 2.75) is 18.9 Å². The van der Waals surface area contributed by atoms with E-state index in [0.29, 0.717) is 23.6 Å². The van der Waals surface area contributed by atoms with Crippen molar-refractivity contribution in [3.8, 4) is 11.6 Å². The summed E-state index contributed by atoms with van der Waals surface area (Å²) in [5.41, 5.74) is 0. The molecule has 0 spiro atoms. The van der Waals surface area contributed by atoms with E-state index in [1.54, 1.807) is 35.7 Å². The lowest BCUT2D eigenvalue weighted by Crippen LogP contribution is -2.24. The predicted octanol–water partition coefficient (Wildman–Crippen LogP) is 4.81. The first-order valence-corrected chi connectivity index (χ1v) is 8.74. The fourth-order valence-electron chi connectivity index (χ4n) is 2.93. The minimum absolute atomic E-state index is 0.290. The fourth-order valence-corrected chi connectivity index (χ4v) is 3.81. The second-order valence-electron chi connectivity index (χ2n) is 5.62. The lowest BCUT2D eigenvalue weighted by atomic mass is 10.2. The van der Waals surface area contributed by atoms with Crippen molar-refractivity contribution in [1.82, 2.24) is 9.97 Å². The number of nitrogens with zero attached hydrogens (tertiary/aromatic N) is 3. The van der Waals surface area contributed by atoms with E-state index in [2.05, 4.69) is 32.4 Å². The molecule has 3 aromatic rings. The summed E-state index contributed by atoms with van der Waals surface area (Å²) < 4.78 is 18.7. The molecule has 4 nitrogen and oxygen atoms in total. The van der Waals surface area contributed by atoms with Crippen LogP contribution in [0, 0.1) is 5.82 Å². The van der Waals surface area contributed by atoms with Crippen molar-refractivity contribution in [2.75, 3.05) is 11.4 Å². The third-order valence-corrected chi connectivity index (χ3v) is 5.01. The van der Waals surface area contributed by atoms with Crippen LogP contribution in [0.25, 0.3) is 0 Å². The summed E-state index contributed by atoms with van der Waals surface area (Å²) >= 11 is 1.76. The second kappa shape index (κ2) is 6.57. The van der Waals surface area contributed by atoms with E-state index in [9.17, 15) is 4.39 Å². The van der Waals surface area contributed by atoms with Crippen LogP contribution in [0.4, 0.5) is 10.3 Å². The molecule has 0 N–H and O–H groups in total. The Morgan fingerprint density at radius 2 is 2.04 bits per heavy atom. The molecule has 1 unspecified atom stereocenters. The molecule has 1 aromatic carbocycles. The van der Waals surface area contributed by atoms with E-state index in [4.69, 9.17) is 4.74 Å². The van der Waals surface area contributed by atoms with Crippen LogP contribution in [-0.2, 0) is 0 Å². The van der Waals surface area contributed by atoms with E-state index in [1.165, 1.54) is 17.0 Å². The van der Waals surface area contributed by atoms with Crippen molar-refractivity contribution in [3.63, 3.8) is 0 Å².